The number of carbonyl (C=O) groups excluding carboxylic acids is 1. The normalized spacial score (nSPS) is 27.3. The molecule has 0 aromatic heterocycles. The van der Waals surface area contributed by atoms with E-state index >= 15 is 0 Å². The molecule has 132 valence electrons. The van der Waals surface area contributed by atoms with E-state index in [-0.39, 0.29) is 18.1 Å². The van der Waals surface area contributed by atoms with Crippen molar-refractivity contribution in [1.82, 2.24) is 4.90 Å². The van der Waals surface area contributed by atoms with Crippen LogP contribution in [0.3, 0.4) is 0 Å². The van der Waals surface area contributed by atoms with E-state index in [4.69, 9.17) is 14.2 Å². The summed E-state index contributed by atoms with van der Waals surface area (Å²) in [4.78, 5) is 13.8. The van der Waals surface area contributed by atoms with Crippen molar-refractivity contribution in [2.45, 2.75) is 50.5 Å². The predicted molar refractivity (Wildman–Crippen MR) is 87.3 cm³/mol. The Labute approximate surface area is 139 Å². The van der Waals surface area contributed by atoms with Crippen molar-refractivity contribution in [3.05, 3.63) is 0 Å². The molecule has 1 saturated carbocycles. The monoisotopic (exact) mass is 325 g/mol. The summed E-state index contributed by atoms with van der Waals surface area (Å²) >= 11 is 0. The first-order chi connectivity index (χ1) is 11.2. The minimum atomic E-state index is 0.00323. The molecule has 5 nitrogen and oxygen atoms in total. The summed E-state index contributed by atoms with van der Waals surface area (Å²) in [5.74, 6) is 1.66. The Morgan fingerprint density at radius 3 is 2.70 bits per heavy atom. The van der Waals surface area contributed by atoms with Crippen molar-refractivity contribution in [3.63, 3.8) is 0 Å². The first kappa shape index (κ1) is 17.2. The lowest BCUT2D eigenvalue weighted by molar-refractivity contribution is -0.150. The van der Waals surface area contributed by atoms with E-state index in [1.807, 2.05) is 4.90 Å². The van der Waals surface area contributed by atoms with Gasteiger partial charge >= 0.3 is 0 Å². The van der Waals surface area contributed by atoms with E-state index < -0.39 is 0 Å². The van der Waals surface area contributed by atoms with E-state index in [1.54, 1.807) is 7.11 Å². The van der Waals surface area contributed by atoms with Gasteiger partial charge in [0.25, 0.3) is 0 Å². The van der Waals surface area contributed by atoms with Gasteiger partial charge in [-0.05, 0) is 56.8 Å². The van der Waals surface area contributed by atoms with Crippen molar-refractivity contribution < 1.29 is 19.0 Å². The summed E-state index contributed by atoms with van der Waals surface area (Å²) in [7, 11) is 1.57. The van der Waals surface area contributed by atoms with Crippen LogP contribution in [0.25, 0.3) is 0 Å². The van der Waals surface area contributed by atoms with Gasteiger partial charge in [0.15, 0.2) is 0 Å². The van der Waals surface area contributed by atoms with Crippen LogP contribution in [0.5, 0.6) is 0 Å². The summed E-state index contributed by atoms with van der Waals surface area (Å²) in [6.45, 7) is 4.51. The zero-order valence-electron chi connectivity index (χ0n) is 14.4. The third kappa shape index (κ3) is 4.91. The molecule has 0 aromatic rings. The predicted octanol–water partition coefficient (Wildman–Crippen LogP) is 2.24. The van der Waals surface area contributed by atoms with Gasteiger partial charge in [-0.2, -0.15) is 0 Å². The molecule has 5 heteroatoms. The number of amides is 1. The van der Waals surface area contributed by atoms with Crippen molar-refractivity contribution in [1.29, 1.82) is 0 Å². The highest BCUT2D eigenvalue weighted by molar-refractivity contribution is 5.77. The summed E-state index contributed by atoms with van der Waals surface area (Å²) in [5.41, 5.74) is 0.00323. The molecule has 1 amide bonds. The second kappa shape index (κ2) is 7.95. The second-order valence-electron chi connectivity index (χ2n) is 7.51. The lowest BCUT2D eigenvalue weighted by Crippen LogP contribution is -2.51. The molecule has 2 aliphatic heterocycles. The Kier molecular flexibility index (Phi) is 5.94. The lowest BCUT2D eigenvalue weighted by Gasteiger charge is -2.46. The largest absolute Gasteiger partial charge is 0.381 e. The molecule has 2 heterocycles. The summed E-state index contributed by atoms with van der Waals surface area (Å²) < 4.78 is 16.9. The highest BCUT2D eigenvalue weighted by atomic mass is 16.5. The number of rotatable bonds is 7. The van der Waals surface area contributed by atoms with Crippen LogP contribution in [0.4, 0.5) is 0 Å². The van der Waals surface area contributed by atoms with Gasteiger partial charge in [-0.15, -0.1) is 0 Å². The summed E-state index contributed by atoms with van der Waals surface area (Å²) in [6.07, 6.45) is 8.08. The molecule has 0 radical (unpaired) electrons. The summed E-state index contributed by atoms with van der Waals surface area (Å²) in [5, 5.41) is 0. The van der Waals surface area contributed by atoms with Crippen molar-refractivity contribution in [2.75, 3.05) is 46.6 Å². The third-order valence-electron chi connectivity index (χ3n) is 5.61. The number of likely N-dealkylation sites (tertiary alicyclic amines) is 1. The molecule has 1 aliphatic carbocycles. The van der Waals surface area contributed by atoms with Gasteiger partial charge in [-0.3, -0.25) is 4.79 Å². The van der Waals surface area contributed by atoms with Crippen LogP contribution in [0, 0.1) is 11.8 Å². The lowest BCUT2D eigenvalue weighted by atomic mass is 9.78. The van der Waals surface area contributed by atoms with E-state index in [2.05, 4.69) is 0 Å². The minimum absolute atomic E-state index is 0.00323. The molecule has 1 atom stereocenters. The Balaban J connectivity index is 1.39. The Hall–Kier alpha value is -0.650. The number of nitrogens with zero attached hydrogens (tertiary/aromatic N) is 1. The molecule has 0 aromatic carbocycles. The third-order valence-corrected chi connectivity index (χ3v) is 5.61. The minimum Gasteiger partial charge on any atom is -0.381 e. The fraction of sp³-hybridized carbons (Fsp3) is 0.944. The molecule has 0 N–H and O–H groups in total. The Morgan fingerprint density at radius 2 is 2.00 bits per heavy atom. The van der Waals surface area contributed by atoms with Gasteiger partial charge in [-0.1, -0.05) is 0 Å². The van der Waals surface area contributed by atoms with Crippen molar-refractivity contribution in [3.8, 4) is 0 Å². The average Bonchev–Trinajstić information content (AvgIpc) is 3.37. The maximum absolute atomic E-state index is 11.9. The van der Waals surface area contributed by atoms with Gasteiger partial charge < -0.3 is 19.1 Å². The van der Waals surface area contributed by atoms with Gasteiger partial charge in [0.05, 0.1) is 5.60 Å². The number of carbonyl (C=O) groups is 1. The zero-order chi connectivity index (χ0) is 16.1. The first-order valence-electron chi connectivity index (χ1n) is 9.19. The molecular formula is C18H31NO4. The average molecular weight is 325 g/mol. The topological polar surface area (TPSA) is 48.0 Å². The quantitative estimate of drug-likeness (QED) is 0.674. The molecular weight excluding hydrogens is 294 g/mol. The standard InChI is InChI=1S/C18H31NO4/c1-21-14-17(20)19-8-6-18(7-9-19)12-15(5-11-23-18)4-10-22-13-16-2-3-16/h15-16H,2-14H2,1H3. The first-order valence-corrected chi connectivity index (χ1v) is 9.19. The van der Waals surface area contributed by atoms with E-state index in [0.717, 1.165) is 70.9 Å². The SMILES string of the molecule is COCC(=O)N1CCC2(CC1)CC(CCOCC1CC1)CCO2. The van der Waals surface area contributed by atoms with Crippen LogP contribution in [0.2, 0.25) is 0 Å². The molecule has 0 bridgehead atoms. The van der Waals surface area contributed by atoms with Gasteiger partial charge in [0.2, 0.25) is 5.91 Å². The van der Waals surface area contributed by atoms with E-state index in [1.165, 1.54) is 12.8 Å². The molecule has 1 spiro atoms. The Bertz CT molecular complexity index is 388. The smallest absolute Gasteiger partial charge is 0.248 e. The number of hydrogen-bond donors (Lipinski definition) is 0. The molecule has 3 aliphatic rings. The summed E-state index contributed by atoms with van der Waals surface area (Å²) in [6, 6.07) is 0. The van der Waals surface area contributed by atoms with Gasteiger partial charge in [0.1, 0.15) is 6.61 Å². The molecule has 1 unspecified atom stereocenters. The zero-order valence-corrected chi connectivity index (χ0v) is 14.4. The maximum atomic E-state index is 11.9. The number of ether oxygens (including phenoxy) is 3. The van der Waals surface area contributed by atoms with Crippen LogP contribution in [-0.2, 0) is 19.0 Å². The maximum Gasteiger partial charge on any atom is 0.248 e. The molecule has 3 rings (SSSR count). The molecule has 3 fully saturated rings. The van der Waals surface area contributed by atoms with Crippen LogP contribution in [0.1, 0.15) is 44.9 Å². The van der Waals surface area contributed by atoms with Crippen molar-refractivity contribution in [2.24, 2.45) is 11.8 Å². The second-order valence-corrected chi connectivity index (χ2v) is 7.51. The number of hydrogen-bond acceptors (Lipinski definition) is 4. The van der Waals surface area contributed by atoms with E-state index in [0.29, 0.717) is 5.92 Å². The molecule has 23 heavy (non-hydrogen) atoms. The number of piperidine rings is 1. The van der Waals surface area contributed by atoms with Crippen LogP contribution in [-0.4, -0.2) is 63.0 Å². The fourth-order valence-corrected chi connectivity index (χ4v) is 3.89. The molecule has 2 saturated heterocycles. The Morgan fingerprint density at radius 1 is 1.22 bits per heavy atom. The highest BCUT2D eigenvalue weighted by Crippen LogP contribution is 2.39. The van der Waals surface area contributed by atoms with Crippen molar-refractivity contribution >= 4 is 5.91 Å². The van der Waals surface area contributed by atoms with Gasteiger partial charge in [0, 0.05) is 40.0 Å². The van der Waals surface area contributed by atoms with Crippen LogP contribution >= 0.6 is 0 Å². The fourth-order valence-electron chi connectivity index (χ4n) is 3.89. The highest BCUT2D eigenvalue weighted by Gasteiger charge is 2.40. The van der Waals surface area contributed by atoms with Crippen LogP contribution < -0.4 is 0 Å². The van der Waals surface area contributed by atoms with Gasteiger partial charge in [-0.25, -0.2) is 0 Å². The number of methoxy groups -OCH3 is 1. The van der Waals surface area contributed by atoms with E-state index in [9.17, 15) is 4.79 Å². The van der Waals surface area contributed by atoms with Crippen LogP contribution in [0.15, 0.2) is 0 Å².